The Hall–Kier alpha value is -2.64. The van der Waals surface area contributed by atoms with Crippen LogP contribution in [0.3, 0.4) is 0 Å². The molecule has 0 spiro atoms. The number of anilines is 1. The third-order valence-electron chi connectivity index (χ3n) is 2.51. The van der Waals surface area contributed by atoms with E-state index in [0.29, 0.717) is 5.69 Å². The minimum Gasteiger partial charge on any atom is -0.481 e. The van der Waals surface area contributed by atoms with E-state index in [1.54, 1.807) is 0 Å². The molecule has 5 N–H and O–H groups in total. The Balaban J connectivity index is 2.60. The van der Waals surface area contributed by atoms with Gasteiger partial charge in [-0.1, -0.05) is 0 Å². The SMILES string of the molecule is Nc1ccc(C(=O)N[C@H](CCCC(=O)O)C(=O)O)nc1. The lowest BCUT2D eigenvalue weighted by Crippen LogP contribution is -2.41. The van der Waals surface area contributed by atoms with Crippen molar-refractivity contribution >= 4 is 23.5 Å². The summed E-state index contributed by atoms with van der Waals surface area (Å²) in [5.74, 6) is -2.88. The quantitative estimate of drug-likeness (QED) is 0.555. The van der Waals surface area contributed by atoms with Crippen molar-refractivity contribution in [1.82, 2.24) is 10.3 Å². The summed E-state index contributed by atoms with van der Waals surface area (Å²) in [4.78, 5) is 36.9. The van der Waals surface area contributed by atoms with Gasteiger partial charge in [0.1, 0.15) is 11.7 Å². The van der Waals surface area contributed by atoms with Gasteiger partial charge in [0.25, 0.3) is 5.91 Å². The number of hydrogen-bond acceptors (Lipinski definition) is 5. The molecule has 1 aromatic heterocycles. The van der Waals surface area contributed by atoms with Crippen molar-refractivity contribution in [2.45, 2.75) is 25.3 Å². The summed E-state index contributed by atoms with van der Waals surface area (Å²) in [6.45, 7) is 0. The van der Waals surface area contributed by atoms with E-state index in [4.69, 9.17) is 15.9 Å². The number of nitrogens with two attached hydrogens (primary N) is 1. The fourth-order valence-electron chi connectivity index (χ4n) is 1.49. The van der Waals surface area contributed by atoms with Crippen molar-refractivity contribution in [2.75, 3.05) is 5.73 Å². The molecule has 0 fully saturated rings. The number of nitrogen functional groups attached to an aromatic ring is 1. The van der Waals surface area contributed by atoms with E-state index in [1.807, 2.05) is 0 Å². The second-order valence-electron chi connectivity index (χ2n) is 4.13. The topological polar surface area (TPSA) is 143 Å². The van der Waals surface area contributed by atoms with Gasteiger partial charge in [0.15, 0.2) is 0 Å². The van der Waals surface area contributed by atoms with Gasteiger partial charge in [0.05, 0.1) is 11.9 Å². The zero-order valence-electron chi connectivity index (χ0n) is 10.6. The first-order valence-electron chi connectivity index (χ1n) is 5.87. The molecule has 1 rings (SSSR count). The summed E-state index contributed by atoms with van der Waals surface area (Å²) in [7, 11) is 0. The number of aromatic nitrogens is 1. The Morgan fingerprint density at radius 2 is 2.00 bits per heavy atom. The van der Waals surface area contributed by atoms with Crippen LogP contribution < -0.4 is 11.1 Å². The van der Waals surface area contributed by atoms with Crippen LogP contribution >= 0.6 is 0 Å². The largest absolute Gasteiger partial charge is 0.481 e. The average molecular weight is 281 g/mol. The molecule has 0 aliphatic rings. The Morgan fingerprint density at radius 1 is 1.30 bits per heavy atom. The molecule has 0 aliphatic carbocycles. The first-order chi connectivity index (χ1) is 9.40. The zero-order chi connectivity index (χ0) is 15.1. The molecule has 0 radical (unpaired) electrons. The molecular weight excluding hydrogens is 266 g/mol. The molecular formula is C12H15N3O5. The van der Waals surface area contributed by atoms with E-state index in [0.717, 1.165) is 0 Å². The molecule has 1 amide bonds. The van der Waals surface area contributed by atoms with Crippen LogP contribution in [0.2, 0.25) is 0 Å². The van der Waals surface area contributed by atoms with Gasteiger partial charge < -0.3 is 21.3 Å². The minimum absolute atomic E-state index is 0.0301. The zero-order valence-corrected chi connectivity index (χ0v) is 10.6. The first-order valence-corrected chi connectivity index (χ1v) is 5.87. The van der Waals surface area contributed by atoms with Crippen LogP contribution in [0.1, 0.15) is 29.8 Å². The smallest absolute Gasteiger partial charge is 0.326 e. The molecule has 20 heavy (non-hydrogen) atoms. The number of hydrogen-bond donors (Lipinski definition) is 4. The first kappa shape index (κ1) is 15.4. The molecule has 108 valence electrons. The molecule has 8 heteroatoms. The highest BCUT2D eigenvalue weighted by Gasteiger charge is 2.21. The molecule has 0 unspecified atom stereocenters. The third kappa shape index (κ3) is 4.92. The van der Waals surface area contributed by atoms with E-state index < -0.39 is 23.9 Å². The number of carbonyl (C=O) groups excluding carboxylic acids is 1. The van der Waals surface area contributed by atoms with Gasteiger partial charge in [-0.3, -0.25) is 9.59 Å². The fraction of sp³-hybridized carbons (Fsp3) is 0.333. The Kier molecular flexibility index (Phi) is 5.45. The number of carboxylic acid groups (broad SMARTS) is 2. The van der Waals surface area contributed by atoms with Gasteiger partial charge in [-0.15, -0.1) is 0 Å². The van der Waals surface area contributed by atoms with Crippen molar-refractivity contribution in [3.8, 4) is 0 Å². The predicted molar refractivity (Wildman–Crippen MR) is 69.0 cm³/mol. The molecule has 8 nitrogen and oxygen atoms in total. The van der Waals surface area contributed by atoms with Crippen LogP contribution in [0.15, 0.2) is 18.3 Å². The van der Waals surface area contributed by atoms with Gasteiger partial charge in [-0.25, -0.2) is 9.78 Å². The van der Waals surface area contributed by atoms with Gasteiger partial charge in [0.2, 0.25) is 0 Å². The number of nitrogens with one attached hydrogen (secondary N) is 1. The van der Waals surface area contributed by atoms with Crippen LogP contribution in [-0.4, -0.2) is 39.1 Å². The maximum absolute atomic E-state index is 11.8. The average Bonchev–Trinajstić information content (AvgIpc) is 2.37. The maximum Gasteiger partial charge on any atom is 0.326 e. The van der Waals surface area contributed by atoms with Gasteiger partial charge in [0, 0.05) is 6.42 Å². The van der Waals surface area contributed by atoms with E-state index in [2.05, 4.69) is 10.3 Å². The minimum atomic E-state index is -1.22. The number of aliphatic carboxylic acids is 2. The Morgan fingerprint density at radius 3 is 2.50 bits per heavy atom. The number of amides is 1. The Labute approximate surface area is 114 Å². The van der Waals surface area contributed by atoms with Crippen molar-refractivity contribution in [2.24, 2.45) is 0 Å². The van der Waals surface area contributed by atoms with Crippen LogP contribution in [0.25, 0.3) is 0 Å². The van der Waals surface area contributed by atoms with E-state index in [1.165, 1.54) is 18.3 Å². The van der Waals surface area contributed by atoms with E-state index in [-0.39, 0.29) is 25.0 Å². The standard InChI is InChI=1S/C12H15N3O5/c13-7-4-5-8(14-6-7)11(18)15-9(12(19)20)2-1-3-10(16)17/h4-6,9H,1-3,13H2,(H,15,18)(H,16,17)(H,19,20)/t9-/m1/s1. The summed E-state index contributed by atoms with van der Waals surface area (Å²) in [6.07, 6.45) is 1.32. The predicted octanol–water partition coefficient (Wildman–Crippen LogP) is 0.102. The number of carbonyl (C=O) groups is 3. The summed E-state index contributed by atoms with van der Waals surface area (Å²) >= 11 is 0. The van der Waals surface area contributed by atoms with Crippen LogP contribution in [-0.2, 0) is 9.59 Å². The molecule has 0 aliphatic heterocycles. The molecule has 0 saturated carbocycles. The van der Waals surface area contributed by atoms with Crippen molar-refractivity contribution < 1.29 is 24.6 Å². The normalized spacial score (nSPS) is 11.6. The summed E-state index contributed by atoms with van der Waals surface area (Å²) < 4.78 is 0. The number of nitrogens with zero attached hydrogens (tertiary/aromatic N) is 1. The Bertz CT molecular complexity index is 500. The van der Waals surface area contributed by atoms with Crippen LogP contribution in [0, 0.1) is 0 Å². The summed E-state index contributed by atoms with van der Waals surface area (Å²) in [6, 6.07) is 1.70. The van der Waals surface area contributed by atoms with Crippen molar-refractivity contribution in [1.29, 1.82) is 0 Å². The number of pyridine rings is 1. The third-order valence-corrected chi connectivity index (χ3v) is 2.51. The lowest BCUT2D eigenvalue weighted by molar-refractivity contribution is -0.140. The highest BCUT2D eigenvalue weighted by molar-refractivity contribution is 5.95. The lowest BCUT2D eigenvalue weighted by atomic mass is 10.1. The van der Waals surface area contributed by atoms with E-state index in [9.17, 15) is 14.4 Å². The number of rotatable bonds is 7. The van der Waals surface area contributed by atoms with Crippen LogP contribution in [0.4, 0.5) is 5.69 Å². The highest BCUT2D eigenvalue weighted by atomic mass is 16.4. The fourth-order valence-corrected chi connectivity index (χ4v) is 1.49. The van der Waals surface area contributed by atoms with Gasteiger partial charge in [-0.2, -0.15) is 0 Å². The lowest BCUT2D eigenvalue weighted by Gasteiger charge is -2.13. The number of carboxylic acids is 2. The van der Waals surface area contributed by atoms with Crippen molar-refractivity contribution in [3.63, 3.8) is 0 Å². The van der Waals surface area contributed by atoms with Crippen LogP contribution in [0.5, 0.6) is 0 Å². The second-order valence-corrected chi connectivity index (χ2v) is 4.13. The molecule has 0 bridgehead atoms. The molecule has 0 aromatic carbocycles. The maximum atomic E-state index is 11.8. The summed E-state index contributed by atoms with van der Waals surface area (Å²) in [5, 5.41) is 19.8. The molecule has 1 heterocycles. The second kappa shape index (κ2) is 7.07. The molecule has 1 aromatic rings. The molecule has 1 atom stereocenters. The van der Waals surface area contributed by atoms with Crippen molar-refractivity contribution in [3.05, 3.63) is 24.0 Å². The monoisotopic (exact) mass is 281 g/mol. The molecule has 0 saturated heterocycles. The highest BCUT2D eigenvalue weighted by Crippen LogP contribution is 2.05. The summed E-state index contributed by atoms with van der Waals surface area (Å²) in [5.41, 5.74) is 5.86. The van der Waals surface area contributed by atoms with Gasteiger partial charge >= 0.3 is 11.9 Å². The van der Waals surface area contributed by atoms with E-state index >= 15 is 0 Å². The van der Waals surface area contributed by atoms with Gasteiger partial charge in [-0.05, 0) is 25.0 Å².